The highest BCUT2D eigenvalue weighted by molar-refractivity contribution is 6.28. The number of alkyl halides is 3. The lowest BCUT2D eigenvalue weighted by Gasteiger charge is -2.52. The van der Waals surface area contributed by atoms with Crippen LogP contribution in [0.15, 0.2) is 52.3 Å². The molecule has 1 amide bonds. The summed E-state index contributed by atoms with van der Waals surface area (Å²) in [7, 11) is 0. The molecule has 3 heterocycles. The second kappa shape index (κ2) is 6.92. The highest BCUT2D eigenvalue weighted by atomic mass is 19.4. The number of aliphatic imine (C=N–C) groups is 1. The summed E-state index contributed by atoms with van der Waals surface area (Å²) in [6, 6.07) is 5.27. The van der Waals surface area contributed by atoms with Crippen molar-refractivity contribution < 1.29 is 18.0 Å². The number of rotatable bonds is 4. The van der Waals surface area contributed by atoms with Gasteiger partial charge < -0.3 is 21.8 Å². The van der Waals surface area contributed by atoms with Crippen LogP contribution >= 0.6 is 0 Å². The van der Waals surface area contributed by atoms with Gasteiger partial charge in [0.1, 0.15) is 0 Å². The summed E-state index contributed by atoms with van der Waals surface area (Å²) in [6.45, 7) is 3.45. The first-order chi connectivity index (χ1) is 17.1. The number of allylic oxidation sites excluding steroid dienone is 1. The SMILES string of the molecule is NC(=O)C1=C(N)C2[C@@H]3C4(CC5(CCNC5)C4)C23CN=C1C1=CN(Cc2cccc(C(F)(F)F)c2)NC1. The van der Waals surface area contributed by atoms with Crippen LogP contribution in [0.25, 0.3) is 0 Å². The molecule has 7 nitrogen and oxygen atoms in total. The van der Waals surface area contributed by atoms with Crippen LogP contribution in [-0.2, 0) is 17.5 Å². The second-order valence-corrected chi connectivity index (χ2v) is 11.6. The molecule has 36 heavy (non-hydrogen) atoms. The van der Waals surface area contributed by atoms with Crippen LogP contribution in [0.1, 0.15) is 30.4 Å². The van der Waals surface area contributed by atoms with Gasteiger partial charge in [-0.3, -0.25) is 9.79 Å². The molecule has 6 aliphatic rings. The maximum Gasteiger partial charge on any atom is 0.416 e. The molecular weight excluding hydrogens is 469 g/mol. The molecule has 1 aromatic rings. The number of carbonyl (C=O) groups is 1. The van der Waals surface area contributed by atoms with Gasteiger partial charge in [0, 0.05) is 48.4 Å². The van der Waals surface area contributed by atoms with Crippen molar-refractivity contribution in [1.29, 1.82) is 0 Å². The van der Waals surface area contributed by atoms with E-state index in [-0.39, 0.29) is 17.9 Å². The van der Waals surface area contributed by atoms with E-state index in [9.17, 15) is 18.0 Å². The van der Waals surface area contributed by atoms with Crippen molar-refractivity contribution in [3.63, 3.8) is 0 Å². The molecule has 3 aliphatic carbocycles. The first-order valence-electron chi connectivity index (χ1n) is 12.5. The Bertz CT molecular complexity index is 1270. The predicted molar refractivity (Wildman–Crippen MR) is 127 cm³/mol. The summed E-state index contributed by atoms with van der Waals surface area (Å²) < 4.78 is 39.3. The predicted octanol–water partition coefficient (Wildman–Crippen LogP) is 2.07. The fraction of sp³-hybridized carbons (Fsp3) is 0.538. The number of hydrogen-bond acceptors (Lipinski definition) is 6. The molecule has 6 N–H and O–H groups in total. The number of hydrogen-bond donors (Lipinski definition) is 4. The quantitative estimate of drug-likeness (QED) is 0.508. The molecule has 0 aromatic heterocycles. The van der Waals surface area contributed by atoms with E-state index in [2.05, 4.69) is 10.7 Å². The van der Waals surface area contributed by atoms with Gasteiger partial charge in [0.2, 0.25) is 0 Å². The van der Waals surface area contributed by atoms with Crippen LogP contribution in [0, 0.1) is 28.1 Å². The summed E-state index contributed by atoms with van der Waals surface area (Å²) >= 11 is 0. The number of nitrogens with zero attached hydrogens (tertiary/aromatic N) is 2. The van der Waals surface area contributed by atoms with Crippen molar-refractivity contribution in [2.24, 2.45) is 44.5 Å². The lowest BCUT2D eigenvalue weighted by molar-refractivity contribution is -0.137. The van der Waals surface area contributed by atoms with Gasteiger partial charge in [0.15, 0.2) is 0 Å². The highest BCUT2D eigenvalue weighted by Crippen LogP contribution is 3.00. The van der Waals surface area contributed by atoms with E-state index in [1.807, 2.05) is 0 Å². The molecule has 1 aromatic carbocycles. The first-order valence-corrected chi connectivity index (χ1v) is 12.5. The molecular formula is C26H29F3N6O. The number of nitrogens with one attached hydrogen (secondary N) is 2. The van der Waals surface area contributed by atoms with Crippen molar-refractivity contribution in [2.75, 3.05) is 26.2 Å². The van der Waals surface area contributed by atoms with E-state index < -0.39 is 17.6 Å². The smallest absolute Gasteiger partial charge is 0.401 e. The van der Waals surface area contributed by atoms with Gasteiger partial charge >= 0.3 is 6.18 Å². The molecule has 0 radical (unpaired) electrons. The number of benzene rings is 1. The zero-order chi connectivity index (χ0) is 25.1. The van der Waals surface area contributed by atoms with E-state index >= 15 is 0 Å². The minimum atomic E-state index is -4.39. The molecule has 0 bridgehead atoms. The maximum absolute atomic E-state index is 13.1. The number of nitrogens with two attached hydrogens (primary N) is 2. The molecule has 190 valence electrons. The number of hydrazine groups is 1. The van der Waals surface area contributed by atoms with Crippen LogP contribution in [0.3, 0.4) is 0 Å². The van der Waals surface area contributed by atoms with Crippen LogP contribution < -0.4 is 22.2 Å². The summed E-state index contributed by atoms with van der Waals surface area (Å²) in [6.07, 6.45) is 1.07. The Morgan fingerprint density at radius 2 is 2.08 bits per heavy atom. The Labute approximate surface area is 206 Å². The molecule has 3 spiro atoms. The lowest BCUT2D eigenvalue weighted by Crippen LogP contribution is -2.48. The van der Waals surface area contributed by atoms with Gasteiger partial charge in [-0.25, -0.2) is 5.43 Å². The molecule has 2 unspecified atom stereocenters. The topological polar surface area (TPSA) is 109 Å². The molecule has 3 atom stereocenters. The second-order valence-electron chi connectivity index (χ2n) is 11.6. The summed E-state index contributed by atoms with van der Waals surface area (Å²) in [4.78, 5) is 17.5. The molecule has 1 saturated heterocycles. The van der Waals surface area contributed by atoms with Crippen LogP contribution in [0.2, 0.25) is 0 Å². The molecule has 10 heteroatoms. The van der Waals surface area contributed by atoms with Gasteiger partial charge in [-0.2, -0.15) is 13.2 Å². The summed E-state index contributed by atoms with van der Waals surface area (Å²) in [5, 5.41) is 5.22. The Morgan fingerprint density at radius 1 is 1.28 bits per heavy atom. The first kappa shape index (κ1) is 22.4. The van der Waals surface area contributed by atoms with Gasteiger partial charge in [0.25, 0.3) is 5.91 Å². The van der Waals surface area contributed by atoms with Crippen molar-refractivity contribution in [2.45, 2.75) is 32.0 Å². The van der Waals surface area contributed by atoms with Gasteiger partial charge in [-0.15, -0.1) is 0 Å². The number of carbonyl (C=O) groups excluding carboxylic acids is 1. The maximum atomic E-state index is 13.1. The van der Waals surface area contributed by atoms with Gasteiger partial charge in [0.05, 0.1) is 23.4 Å². The van der Waals surface area contributed by atoms with E-state index in [4.69, 9.17) is 16.5 Å². The van der Waals surface area contributed by atoms with Crippen molar-refractivity contribution in [3.8, 4) is 0 Å². The Morgan fingerprint density at radius 3 is 2.78 bits per heavy atom. The normalized spacial score (nSPS) is 38.4. The Kier molecular flexibility index (Phi) is 4.30. The van der Waals surface area contributed by atoms with Crippen molar-refractivity contribution in [3.05, 3.63) is 58.4 Å². The monoisotopic (exact) mass is 498 g/mol. The summed E-state index contributed by atoms with van der Waals surface area (Å²) in [5.41, 5.74) is 18.4. The molecule has 3 saturated carbocycles. The number of primary amides is 1. The van der Waals surface area contributed by atoms with Crippen molar-refractivity contribution >= 4 is 11.6 Å². The molecule has 4 fully saturated rings. The summed E-state index contributed by atoms with van der Waals surface area (Å²) in [5.74, 6) is 0.0963. The Hall–Kier alpha value is -2.85. The van der Waals surface area contributed by atoms with Crippen molar-refractivity contribution in [1.82, 2.24) is 15.8 Å². The van der Waals surface area contributed by atoms with Crippen LogP contribution in [0.5, 0.6) is 0 Å². The molecule has 3 aliphatic heterocycles. The van der Waals surface area contributed by atoms with Gasteiger partial charge in [-0.1, -0.05) is 12.1 Å². The average Bonchev–Trinajstić information content (AvgIpc) is 3.37. The fourth-order valence-corrected chi connectivity index (χ4v) is 8.30. The molecule has 7 rings (SSSR count). The van der Waals surface area contributed by atoms with Crippen LogP contribution in [0.4, 0.5) is 13.2 Å². The number of halogens is 3. The van der Waals surface area contributed by atoms with E-state index in [1.54, 1.807) is 17.3 Å². The third-order valence-corrected chi connectivity index (χ3v) is 9.79. The minimum absolute atomic E-state index is 0.0672. The third-order valence-electron chi connectivity index (χ3n) is 9.79. The van der Waals surface area contributed by atoms with E-state index in [0.717, 1.165) is 30.8 Å². The third kappa shape index (κ3) is 2.82. The van der Waals surface area contributed by atoms with E-state index in [0.29, 0.717) is 52.4 Å². The zero-order valence-electron chi connectivity index (χ0n) is 19.8. The van der Waals surface area contributed by atoms with Crippen LogP contribution in [-0.4, -0.2) is 42.8 Å². The standard InChI is InChI=1S/C26H29F3N6O/c27-26(28,29)16-3-1-2-14(6-16)8-35-9-15(7-34-35)20-17(22(31)36)19(30)18-21-24(25(18,21)13-33-20)10-23(11-24)4-5-32-12-23/h1-3,6,9,18,21,32,34H,4-5,7-8,10-13,30H2,(H2,31,36)/t18?,21-,23?,24?,25?/m1/s1. The Balaban J connectivity index is 1.13. The highest BCUT2D eigenvalue weighted by Gasteiger charge is 2.98. The minimum Gasteiger partial charge on any atom is -0.401 e. The van der Waals surface area contributed by atoms with E-state index in [1.165, 1.54) is 25.3 Å². The largest absolute Gasteiger partial charge is 0.416 e. The number of fused-ring (bicyclic) bond motifs is 2. The number of amides is 1. The lowest BCUT2D eigenvalue weighted by atomic mass is 9.52. The fourth-order valence-electron chi connectivity index (χ4n) is 8.30. The van der Waals surface area contributed by atoms with Gasteiger partial charge in [-0.05, 0) is 60.3 Å². The zero-order valence-corrected chi connectivity index (χ0v) is 19.8. The average molecular weight is 499 g/mol.